The fourth-order valence-electron chi connectivity index (χ4n) is 10.6. The largest absolute Gasteiger partial charge is 0.456 e. The minimum absolute atomic E-state index is 0.899. The average Bonchev–Trinajstić information content (AvgIpc) is 4.04. The molecule has 0 N–H and O–H groups in total. The van der Waals surface area contributed by atoms with E-state index in [1.54, 1.807) is 0 Å². The molecular weight excluding hydrogens is 791 g/mol. The molecule has 0 amide bonds. The van der Waals surface area contributed by atoms with Crippen LogP contribution in [0.4, 0.5) is 0 Å². The van der Waals surface area contributed by atoms with Crippen LogP contribution >= 0.6 is 0 Å². The van der Waals surface area contributed by atoms with Crippen molar-refractivity contribution in [3.8, 4) is 50.2 Å². The lowest BCUT2D eigenvalue weighted by molar-refractivity contribution is 0.668. The first-order valence-corrected chi connectivity index (χ1v) is 22.2. The summed E-state index contributed by atoms with van der Waals surface area (Å²) in [5.41, 5.74) is 16.6. The summed E-state index contributed by atoms with van der Waals surface area (Å²) in [6.45, 7) is 0. The van der Waals surface area contributed by atoms with Gasteiger partial charge in [0.15, 0.2) is 0 Å². The Kier molecular flexibility index (Phi) is 7.69. The average molecular weight is 828 g/mol. The topological polar surface area (TPSA) is 31.2 Å². The van der Waals surface area contributed by atoms with E-state index >= 15 is 0 Å². The zero-order valence-corrected chi connectivity index (χ0v) is 35.1. The first-order chi connectivity index (χ1) is 32.2. The van der Waals surface area contributed by atoms with Crippen molar-refractivity contribution >= 4 is 87.2 Å². The summed E-state index contributed by atoms with van der Waals surface area (Å²) in [7, 11) is 0. The molecule has 0 unspecified atom stereocenters. The monoisotopic (exact) mass is 827 g/mol. The Balaban J connectivity index is 0.956. The third kappa shape index (κ3) is 5.49. The van der Waals surface area contributed by atoms with Gasteiger partial charge in [-0.15, -0.1) is 0 Å². The van der Waals surface area contributed by atoms with E-state index in [0.717, 1.165) is 82.9 Å². The zero-order valence-electron chi connectivity index (χ0n) is 35.1. The molecule has 65 heavy (non-hydrogen) atoms. The van der Waals surface area contributed by atoms with Crippen LogP contribution in [0.25, 0.3) is 137 Å². The number of hydrogen-bond donors (Lipinski definition) is 0. The molecule has 3 nitrogen and oxygen atoms in total. The highest BCUT2D eigenvalue weighted by Crippen LogP contribution is 2.45. The molecule has 0 atom stereocenters. The third-order valence-corrected chi connectivity index (χ3v) is 13.6. The quantitative estimate of drug-likeness (QED) is 0.162. The Bertz CT molecular complexity index is 4000. The Morgan fingerprint density at radius 2 is 0.569 bits per heavy atom. The fourth-order valence-corrected chi connectivity index (χ4v) is 10.6. The maximum atomic E-state index is 6.22. The Morgan fingerprint density at radius 1 is 0.231 bits per heavy atom. The van der Waals surface area contributed by atoms with Crippen LogP contribution in [-0.2, 0) is 0 Å². The Morgan fingerprint density at radius 3 is 1.03 bits per heavy atom. The smallest absolute Gasteiger partial charge is 0.135 e. The number of rotatable bonds is 5. The molecule has 0 aliphatic carbocycles. The molecule has 3 heterocycles. The van der Waals surface area contributed by atoms with Crippen molar-refractivity contribution in [2.24, 2.45) is 0 Å². The second-order valence-corrected chi connectivity index (χ2v) is 17.2. The van der Waals surface area contributed by atoms with Crippen molar-refractivity contribution in [2.75, 3.05) is 0 Å². The lowest BCUT2D eigenvalue weighted by atomic mass is 9.86. The number of hydrogen-bond acceptors (Lipinski definition) is 2. The fraction of sp³-hybridized carbons (Fsp3) is 0. The van der Waals surface area contributed by atoms with Crippen LogP contribution in [-0.4, -0.2) is 4.57 Å². The van der Waals surface area contributed by atoms with E-state index in [1.807, 2.05) is 24.3 Å². The molecule has 14 rings (SSSR count). The number of benzene rings is 11. The van der Waals surface area contributed by atoms with Gasteiger partial charge in [0.05, 0.1) is 11.0 Å². The van der Waals surface area contributed by atoms with E-state index in [2.05, 4.69) is 205 Å². The van der Waals surface area contributed by atoms with Gasteiger partial charge in [-0.2, -0.15) is 0 Å². The van der Waals surface area contributed by atoms with Gasteiger partial charge in [0.1, 0.15) is 22.3 Å². The van der Waals surface area contributed by atoms with Crippen molar-refractivity contribution in [3.63, 3.8) is 0 Å². The SMILES string of the molecule is c1ccc(-c2c3ccccc3c(-c3ccc(-n4c5ccc(-c6ccc7oc8ccccc8c7c6)cc5c5cc(-c6ccc7oc8ccccc8c7c6)ccc54)cc3)c3ccccc23)cc1. The van der Waals surface area contributed by atoms with Crippen LogP contribution in [0.1, 0.15) is 0 Å². The molecule has 14 aromatic rings. The molecule has 0 radical (unpaired) electrons. The van der Waals surface area contributed by atoms with Gasteiger partial charge in [0.2, 0.25) is 0 Å². The molecule has 0 saturated heterocycles. The van der Waals surface area contributed by atoms with Gasteiger partial charge < -0.3 is 13.4 Å². The van der Waals surface area contributed by atoms with Crippen LogP contribution < -0.4 is 0 Å². The lowest BCUT2D eigenvalue weighted by Gasteiger charge is -2.18. The van der Waals surface area contributed by atoms with Crippen molar-refractivity contribution in [1.29, 1.82) is 0 Å². The summed E-state index contributed by atoms with van der Waals surface area (Å²) in [5, 5.41) is 11.9. The first kappa shape index (κ1) is 35.9. The maximum absolute atomic E-state index is 6.22. The van der Waals surface area contributed by atoms with Gasteiger partial charge in [-0.1, -0.05) is 152 Å². The summed E-state index contributed by atoms with van der Waals surface area (Å²) in [6, 6.07) is 81.3. The first-order valence-electron chi connectivity index (χ1n) is 22.2. The third-order valence-electron chi connectivity index (χ3n) is 13.6. The van der Waals surface area contributed by atoms with Crippen LogP contribution in [0.3, 0.4) is 0 Å². The van der Waals surface area contributed by atoms with E-state index in [9.17, 15) is 0 Å². The summed E-state index contributed by atoms with van der Waals surface area (Å²) in [5.74, 6) is 0. The number of nitrogens with zero attached hydrogens (tertiary/aromatic N) is 1. The van der Waals surface area contributed by atoms with Crippen molar-refractivity contribution in [3.05, 3.63) is 224 Å². The highest BCUT2D eigenvalue weighted by atomic mass is 16.3. The van der Waals surface area contributed by atoms with E-state index < -0.39 is 0 Å². The van der Waals surface area contributed by atoms with Crippen molar-refractivity contribution in [1.82, 2.24) is 4.57 Å². The molecule has 3 aromatic heterocycles. The second-order valence-electron chi connectivity index (χ2n) is 17.2. The molecule has 302 valence electrons. The van der Waals surface area contributed by atoms with E-state index in [-0.39, 0.29) is 0 Å². The van der Waals surface area contributed by atoms with Crippen LogP contribution in [0.5, 0.6) is 0 Å². The summed E-state index contributed by atoms with van der Waals surface area (Å²) < 4.78 is 14.9. The molecule has 0 fully saturated rings. The number of para-hydroxylation sites is 2. The normalized spacial score (nSPS) is 12.0. The van der Waals surface area contributed by atoms with Crippen LogP contribution in [0, 0.1) is 0 Å². The highest BCUT2D eigenvalue weighted by molar-refractivity contribution is 6.21. The van der Waals surface area contributed by atoms with Gasteiger partial charge in [0.25, 0.3) is 0 Å². The zero-order chi connectivity index (χ0) is 42.6. The standard InChI is InChI=1S/C62H37NO2/c1-2-12-38(13-3-1)61-47-16-4-6-18-49(47)62(50-19-7-5-17-48(50)61)39-22-28-44(29-23-39)63-55-30-24-40(42-26-32-59-53(36-42)45-14-8-10-20-57(45)64-59)34-51(55)52-35-41(25-31-56(52)63)43-27-33-60-54(37-43)46-15-9-11-21-58(46)65-60/h1-37H. The summed E-state index contributed by atoms with van der Waals surface area (Å²) in [6.07, 6.45) is 0. The Hall–Kier alpha value is -8.66. The van der Waals surface area contributed by atoms with E-state index in [1.165, 1.54) is 54.6 Å². The number of fused-ring (bicyclic) bond motifs is 11. The molecule has 0 spiro atoms. The molecule has 0 bridgehead atoms. The molecule has 11 aromatic carbocycles. The van der Waals surface area contributed by atoms with Crippen LogP contribution in [0.2, 0.25) is 0 Å². The van der Waals surface area contributed by atoms with Crippen LogP contribution in [0.15, 0.2) is 233 Å². The highest BCUT2D eigenvalue weighted by Gasteiger charge is 2.19. The van der Waals surface area contributed by atoms with Gasteiger partial charge in [0, 0.05) is 38.0 Å². The molecule has 0 aliphatic rings. The van der Waals surface area contributed by atoms with Crippen molar-refractivity contribution in [2.45, 2.75) is 0 Å². The van der Waals surface area contributed by atoms with Gasteiger partial charge in [-0.05, 0) is 139 Å². The van der Waals surface area contributed by atoms with Gasteiger partial charge >= 0.3 is 0 Å². The molecule has 0 aliphatic heterocycles. The minimum Gasteiger partial charge on any atom is -0.456 e. The molecular formula is C62H37NO2. The lowest BCUT2D eigenvalue weighted by Crippen LogP contribution is -1.95. The van der Waals surface area contributed by atoms with Gasteiger partial charge in [-0.3, -0.25) is 0 Å². The predicted octanol–water partition coefficient (Wildman–Crippen LogP) is 17.6. The molecule has 3 heteroatoms. The van der Waals surface area contributed by atoms with Crippen molar-refractivity contribution < 1.29 is 8.83 Å². The second kappa shape index (κ2) is 13.9. The Labute approximate surface area is 373 Å². The molecule has 0 saturated carbocycles. The minimum atomic E-state index is 0.899. The van der Waals surface area contributed by atoms with E-state index in [4.69, 9.17) is 8.83 Å². The predicted molar refractivity (Wildman–Crippen MR) is 272 cm³/mol. The van der Waals surface area contributed by atoms with Gasteiger partial charge in [-0.25, -0.2) is 0 Å². The number of aromatic nitrogens is 1. The summed E-state index contributed by atoms with van der Waals surface area (Å²) >= 11 is 0. The number of furan rings is 2. The maximum Gasteiger partial charge on any atom is 0.135 e. The van der Waals surface area contributed by atoms with E-state index in [0.29, 0.717) is 0 Å². The summed E-state index contributed by atoms with van der Waals surface area (Å²) in [4.78, 5) is 0.